The van der Waals surface area contributed by atoms with Crippen LogP contribution in [0.25, 0.3) is 0 Å². The van der Waals surface area contributed by atoms with Crippen LogP contribution in [0.5, 0.6) is 11.5 Å². The van der Waals surface area contributed by atoms with E-state index in [1.807, 2.05) is 0 Å². The Morgan fingerprint density at radius 1 is 0.415 bits per heavy atom. The fourth-order valence-electron chi connectivity index (χ4n) is 8.41. The Balaban J connectivity index is 0.000000286. The van der Waals surface area contributed by atoms with Crippen LogP contribution >= 0.6 is 0 Å². The lowest BCUT2D eigenvalue weighted by molar-refractivity contribution is -0.275. The van der Waals surface area contributed by atoms with Crippen molar-refractivity contribution in [3.05, 3.63) is 59.7 Å². The molecule has 8 heteroatoms. The van der Waals surface area contributed by atoms with Crippen molar-refractivity contribution in [2.45, 2.75) is 199 Å². The third-order valence-corrected chi connectivity index (χ3v) is 11.5. The van der Waals surface area contributed by atoms with Gasteiger partial charge in [-0.25, -0.2) is 0 Å². The molecule has 2 nitrogen and oxygen atoms in total. The zero-order valence-electron chi connectivity index (χ0n) is 32.7. The van der Waals surface area contributed by atoms with Crippen molar-refractivity contribution in [2.24, 2.45) is 11.8 Å². The average molecular weight is 755 g/mol. The summed E-state index contributed by atoms with van der Waals surface area (Å²) in [6, 6.07) is 12.9. The monoisotopic (exact) mass is 755 g/mol. The molecule has 2 aromatic carbocycles. The molecule has 0 amide bonds. The van der Waals surface area contributed by atoms with Gasteiger partial charge in [0.2, 0.25) is 0 Å². The first-order valence-electron chi connectivity index (χ1n) is 21.2. The summed E-state index contributed by atoms with van der Waals surface area (Å²) in [7, 11) is 0. The number of ether oxygens (including phenoxy) is 2. The van der Waals surface area contributed by atoms with E-state index in [0.29, 0.717) is 11.8 Å². The Kier molecular flexibility index (Phi) is 21.2. The van der Waals surface area contributed by atoms with Crippen LogP contribution < -0.4 is 9.47 Å². The Morgan fingerprint density at radius 3 is 0.981 bits per heavy atom. The largest absolute Gasteiger partial charge is 0.573 e. The summed E-state index contributed by atoms with van der Waals surface area (Å²) in [6.45, 7) is 4.51. The van der Waals surface area contributed by atoms with Crippen LogP contribution in [0.4, 0.5) is 26.3 Å². The van der Waals surface area contributed by atoms with Gasteiger partial charge in [0.05, 0.1) is 0 Å². The van der Waals surface area contributed by atoms with Crippen molar-refractivity contribution in [1.29, 1.82) is 0 Å². The van der Waals surface area contributed by atoms with Crippen LogP contribution in [-0.4, -0.2) is 12.7 Å². The first kappa shape index (κ1) is 45.0. The van der Waals surface area contributed by atoms with Crippen LogP contribution in [-0.2, 0) is 0 Å². The minimum Gasteiger partial charge on any atom is -0.406 e. The number of rotatable bonds is 21. The van der Waals surface area contributed by atoms with Gasteiger partial charge in [-0.05, 0) is 110 Å². The Hall–Kier alpha value is -2.38. The number of alkyl halides is 6. The SMILES string of the molecule is CCCCCCCCCC1CCC(c2ccc(OC(F)(F)F)cc2)CC1.CCCCCCCCCCC1CCC(c2ccc(OC(F)(F)F)cc2)CC1. The molecule has 53 heavy (non-hydrogen) atoms. The van der Waals surface area contributed by atoms with E-state index in [0.717, 1.165) is 48.6 Å². The average Bonchev–Trinajstić information content (AvgIpc) is 3.13. The van der Waals surface area contributed by atoms with Crippen molar-refractivity contribution >= 4 is 0 Å². The molecule has 2 saturated carbocycles. The normalized spacial score (nSPS) is 20.8. The Morgan fingerprint density at radius 2 is 0.698 bits per heavy atom. The molecule has 2 aliphatic rings. The van der Waals surface area contributed by atoms with Gasteiger partial charge in [-0.15, -0.1) is 26.3 Å². The van der Waals surface area contributed by atoms with Gasteiger partial charge in [0, 0.05) is 0 Å². The quantitative estimate of drug-likeness (QED) is 0.0933. The van der Waals surface area contributed by atoms with Crippen LogP contribution in [0.1, 0.15) is 197 Å². The molecule has 0 radical (unpaired) electrons. The molecule has 0 spiro atoms. The lowest BCUT2D eigenvalue weighted by Gasteiger charge is -2.29. The van der Waals surface area contributed by atoms with Crippen molar-refractivity contribution in [3.8, 4) is 11.5 Å². The minimum absolute atomic E-state index is 0.130. The van der Waals surface area contributed by atoms with Crippen molar-refractivity contribution < 1.29 is 35.8 Å². The molecule has 2 aliphatic carbocycles. The van der Waals surface area contributed by atoms with Gasteiger partial charge in [0.15, 0.2) is 0 Å². The summed E-state index contributed by atoms with van der Waals surface area (Å²) in [5, 5.41) is 0. The highest BCUT2D eigenvalue weighted by Gasteiger charge is 2.32. The predicted molar refractivity (Wildman–Crippen MR) is 205 cm³/mol. The third-order valence-electron chi connectivity index (χ3n) is 11.5. The van der Waals surface area contributed by atoms with E-state index in [2.05, 4.69) is 23.3 Å². The molecule has 302 valence electrons. The van der Waals surface area contributed by atoms with E-state index in [4.69, 9.17) is 0 Å². The molecule has 0 aromatic heterocycles. The molecule has 0 atom stereocenters. The lowest BCUT2D eigenvalue weighted by atomic mass is 9.77. The van der Waals surface area contributed by atoms with E-state index < -0.39 is 12.7 Å². The second-order valence-corrected chi connectivity index (χ2v) is 15.8. The fourth-order valence-corrected chi connectivity index (χ4v) is 8.41. The smallest absolute Gasteiger partial charge is 0.406 e. The van der Waals surface area contributed by atoms with Gasteiger partial charge in [-0.2, -0.15) is 0 Å². The molecule has 4 rings (SSSR count). The maximum atomic E-state index is 12.2. The van der Waals surface area contributed by atoms with Crippen LogP contribution in [0.15, 0.2) is 48.5 Å². The highest BCUT2D eigenvalue weighted by atomic mass is 19.4. The van der Waals surface area contributed by atoms with Gasteiger partial charge in [0.25, 0.3) is 0 Å². The summed E-state index contributed by atoms with van der Waals surface area (Å²) < 4.78 is 81.3. The first-order chi connectivity index (χ1) is 25.5. The molecule has 0 unspecified atom stereocenters. The van der Waals surface area contributed by atoms with Crippen LogP contribution in [0, 0.1) is 11.8 Å². The highest BCUT2D eigenvalue weighted by Crippen LogP contribution is 2.40. The second-order valence-electron chi connectivity index (χ2n) is 15.8. The summed E-state index contributed by atoms with van der Waals surface area (Å²) in [6.07, 6.45) is 23.6. The molecule has 2 aromatic rings. The van der Waals surface area contributed by atoms with Gasteiger partial charge in [0.1, 0.15) is 11.5 Å². The minimum atomic E-state index is -4.62. The van der Waals surface area contributed by atoms with E-state index in [1.165, 1.54) is 159 Å². The van der Waals surface area contributed by atoms with Crippen molar-refractivity contribution in [1.82, 2.24) is 0 Å². The van der Waals surface area contributed by atoms with Crippen molar-refractivity contribution in [2.75, 3.05) is 0 Å². The summed E-state index contributed by atoms with van der Waals surface area (Å²) in [4.78, 5) is 0. The summed E-state index contributed by atoms with van der Waals surface area (Å²) >= 11 is 0. The van der Waals surface area contributed by atoms with E-state index in [-0.39, 0.29) is 11.5 Å². The van der Waals surface area contributed by atoms with Crippen LogP contribution in [0.3, 0.4) is 0 Å². The predicted octanol–water partition coefficient (Wildman–Crippen LogP) is 16.4. The second kappa shape index (κ2) is 24.9. The number of hydrogen-bond donors (Lipinski definition) is 0. The molecule has 0 aliphatic heterocycles. The molecule has 0 saturated heterocycles. The summed E-state index contributed by atoms with van der Waals surface area (Å²) in [5.74, 6) is 2.40. The standard InChI is InChI=1S/C23H35F3O.C22H33F3O/c1-2-3-4-5-6-7-8-9-10-19-11-13-20(14-12-19)21-15-17-22(18-16-21)27-23(24,25)26;1-2-3-4-5-6-7-8-9-18-10-12-19(13-11-18)20-14-16-21(17-15-20)26-22(23,24)25/h15-20H,2-14H2,1H3;14-19H,2-13H2,1H3. The number of halogens is 6. The summed E-state index contributed by atoms with van der Waals surface area (Å²) in [5.41, 5.74) is 2.30. The molecule has 0 heterocycles. The maximum Gasteiger partial charge on any atom is 0.573 e. The molecular weight excluding hydrogens is 686 g/mol. The van der Waals surface area contributed by atoms with Gasteiger partial charge in [-0.1, -0.05) is 147 Å². The van der Waals surface area contributed by atoms with Gasteiger partial charge >= 0.3 is 12.7 Å². The van der Waals surface area contributed by atoms with Gasteiger partial charge in [-0.3, -0.25) is 0 Å². The van der Waals surface area contributed by atoms with E-state index >= 15 is 0 Å². The van der Waals surface area contributed by atoms with Crippen LogP contribution in [0.2, 0.25) is 0 Å². The Labute approximate surface area is 317 Å². The third kappa shape index (κ3) is 20.2. The zero-order valence-corrected chi connectivity index (χ0v) is 32.7. The topological polar surface area (TPSA) is 18.5 Å². The molecule has 2 fully saturated rings. The lowest BCUT2D eigenvalue weighted by Crippen LogP contribution is -2.17. The number of benzene rings is 2. The van der Waals surface area contributed by atoms with E-state index in [1.54, 1.807) is 24.3 Å². The number of unbranched alkanes of at least 4 members (excludes halogenated alkanes) is 13. The molecular formula is C45H68F6O2. The number of hydrogen-bond acceptors (Lipinski definition) is 2. The maximum absolute atomic E-state index is 12.2. The molecule has 0 bridgehead atoms. The fraction of sp³-hybridized carbons (Fsp3) is 0.733. The Bertz CT molecular complexity index is 1180. The first-order valence-corrected chi connectivity index (χ1v) is 21.2. The van der Waals surface area contributed by atoms with E-state index in [9.17, 15) is 26.3 Å². The van der Waals surface area contributed by atoms with Crippen molar-refractivity contribution in [3.63, 3.8) is 0 Å². The van der Waals surface area contributed by atoms with Gasteiger partial charge < -0.3 is 9.47 Å². The molecule has 0 N–H and O–H groups in total. The zero-order chi connectivity index (χ0) is 38.4. The highest BCUT2D eigenvalue weighted by molar-refractivity contribution is 5.30.